The van der Waals surface area contributed by atoms with Crippen LogP contribution in [0.1, 0.15) is 35.1 Å². The summed E-state index contributed by atoms with van der Waals surface area (Å²) in [5, 5.41) is 0. The second-order valence-electron chi connectivity index (χ2n) is 4.64. The maximum atomic E-state index is 5.82. The highest BCUT2D eigenvalue weighted by molar-refractivity contribution is 5.86. The first-order valence-electron chi connectivity index (χ1n) is 5.96. The first-order chi connectivity index (χ1) is 7.83. The molecule has 0 radical (unpaired) electrons. The van der Waals surface area contributed by atoms with Gasteiger partial charge in [-0.15, -0.1) is 0 Å². The van der Waals surface area contributed by atoms with Crippen molar-refractivity contribution >= 4 is 11.9 Å². The molecule has 1 aromatic carbocycles. The lowest BCUT2D eigenvalue weighted by atomic mass is 9.87. The standard InChI is InChI=1S/C14H16N2/c15-14-9-13-8-11-4-2-1-3-10(11)7-12(13)5-6-16-14/h5-8H,1-4,9H2,(H2,15,16). The van der Waals surface area contributed by atoms with E-state index in [1.165, 1.54) is 47.9 Å². The smallest absolute Gasteiger partial charge is 0.103 e. The van der Waals surface area contributed by atoms with Crippen LogP contribution in [0, 0.1) is 0 Å². The van der Waals surface area contributed by atoms with Gasteiger partial charge in [0.2, 0.25) is 0 Å². The average Bonchev–Trinajstić information content (AvgIpc) is 2.46. The molecular formula is C14H16N2. The van der Waals surface area contributed by atoms with Gasteiger partial charge < -0.3 is 5.73 Å². The minimum Gasteiger partial charge on any atom is -0.387 e. The molecule has 1 aromatic rings. The molecule has 2 aliphatic rings. The van der Waals surface area contributed by atoms with Crippen LogP contribution in [-0.2, 0) is 19.3 Å². The zero-order chi connectivity index (χ0) is 11.0. The van der Waals surface area contributed by atoms with Crippen molar-refractivity contribution in [2.24, 2.45) is 10.7 Å². The molecule has 0 saturated carbocycles. The topological polar surface area (TPSA) is 38.4 Å². The zero-order valence-electron chi connectivity index (χ0n) is 9.37. The van der Waals surface area contributed by atoms with Gasteiger partial charge in [0.15, 0.2) is 0 Å². The van der Waals surface area contributed by atoms with E-state index in [-0.39, 0.29) is 0 Å². The number of nitrogens with two attached hydrogens (primary N) is 1. The number of fused-ring (bicyclic) bond motifs is 2. The fourth-order valence-corrected chi connectivity index (χ4v) is 2.62. The Kier molecular flexibility index (Phi) is 2.28. The molecular weight excluding hydrogens is 196 g/mol. The van der Waals surface area contributed by atoms with Gasteiger partial charge >= 0.3 is 0 Å². The monoisotopic (exact) mass is 212 g/mol. The van der Waals surface area contributed by atoms with Gasteiger partial charge in [-0.25, -0.2) is 4.99 Å². The van der Waals surface area contributed by atoms with Crippen LogP contribution in [0.2, 0.25) is 0 Å². The molecule has 0 aromatic heterocycles. The molecule has 2 nitrogen and oxygen atoms in total. The fourth-order valence-electron chi connectivity index (χ4n) is 2.62. The number of nitrogens with zero attached hydrogens (tertiary/aromatic N) is 1. The number of benzene rings is 1. The molecule has 0 unspecified atom stereocenters. The summed E-state index contributed by atoms with van der Waals surface area (Å²) >= 11 is 0. The predicted octanol–water partition coefficient (Wildman–Crippen LogP) is 2.45. The Bertz CT molecular complexity index is 484. The molecule has 0 amide bonds. The van der Waals surface area contributed by atoms with Crippen molar-refractivity contribution in [3.63, 3.8) is 0 Å². The van der Waals surface area contributed by atoms with E-state index >= 15 is 0 Å². The molecule has 0 saturated heterocycles. The molecule has 1 heterocycles. The van der Waals surface area contributed by atoms with E-state index in [0.717, 1.165) is 6.42 Å². The molecule has 82 valence electrons. The molecule has 0 fully saturated rings. The molecule has 16 heavy (non-hydrogen) atoms. The summed E-state index contributed by atoms with van der Waals surface area (Å²) in [5.74, 6) is 0.714. The van der Waals surface area contributed by atoms with Crippen molar-refractivity contribution in [2.75, 3.05) is 0 Å². The molecule has 1 aliphatic heterocycles. The van der Waals surface area contributed by atoms with Crippen molar-refractivity contribution in [1.82, 2.24) is 0 Å². The third-order valence-corrected chi connectivity index (χ3v) is 3.47. The van der Waals surface area contributed by atoms with Crippen LogP contribution >= 0.6 is 0 Å². The van der Waals surface area contributed by atoms with Crippen LogP contribution in [0.4, 0.5) is 0 Å². The Morgan fingerprint density at radius 3 is 2.56 bits per heavy atom. The zero-order valence-corrected chi connectivity index (χ0v) is 9.37. The number of hydrogen-bond acceptors (Lipinski definition) is 2. The third kappa shape index (κ3) is 1.64. The first kappa shape index (κ1) is 9.64. The number of hydrogen-bond donors (Lipinski definition) is 1. The van der Waals surface area contributed by atoms with Crippen LogP contribution in [0.5, 0.6) is 0 Å². The predicted molar refractivity (Wildman–Crippen MR) is 67.4 cm³/mol. The van der Waals surface area contributed by atoms with Crippen LogP contribution in [0.25, 0.3) is 6.08 Å². The van der Waals surface area contributed by atoms with Crippen molar-refractivity contribution in [1.29, 1.82) is 0 Å². The van der Waals surface area contributed by atoms with E-state index < -0.39 is 0 Å². The van der Waals surface area contributed by atoms with Gasteiger partial charge in [-0.3, -0.25) is 0 Å². The van der Waals surface area contributed by atoms with E-state index in [0.29, 0.717) is 5.84 Å². The van der Waals surface area contributed by atoms with Crippen molar-refractivity contribution in [3.05, 3.63) is 40.6 Å². The molecule has 0 spiro atoms. The summed E-state index contributed by atoms with van der Waals surface area (Å²) in [4.78, 5) is 4.18. The fraction of sp³-hybridized carbons (Fsp3) is 0.357. The van der Waals surface area contributed by atoms with E-state index in [1.54, 1.807) is 0 Å². The Labute approximate surface area is 95.9 Å². The van der Waals surface area contributed by atoms with Crippen LogP contribution < -0.4 is 5.73 Å². The highest BCUT2D eigenvalue weighted by Crippen LogP contribution is 2.26. The van der Waals surface area contributed by atoms with Gasteiger partial charge in [-0.05, 0) is 54.0 Å². The Balaban J connectivity index is 2.09. The van der Waals surface area contributed by atoms with Gasteiger partial charge in [0.25, 0.3) is 0 Å². The van der Waals surface area contributed by atoms with E-state index in [2.05, 4.69) is 23.2 Å². The van der Waals surface area contributed by atoms with Crippen molar-refractivity contribution in [2.45, 2.75) is 32.1 Å². The quantitative estimate of drug-likeness (QED) is 0.704. The summed E-state index contributed by atoms with van der Waals surface area (Å²) in [5.41, 5.74) is 11.5. The molecule has 0 atom stereocenters. The molecule has 3 rings (SSSR count). The van der Waals surface area contributed by atoms with Crippen LogP contribution in [0.15, 0.2) is 23.3 Å². The average molecular weight is 212 g/mol. The Morgan fingerprint density at radius 2 is 1.75 bits per heavy atom. The maximum Gasteiger partial charge on any atom is 0.103 e. The summed E-state index contributed by atoms with van der Waals surface area (Å²) in [6.07, 6.45) is 9.78. The molecule has 2 heteroatoms. The van der Waals surface area contributed by atoms with E-state index in [1.807, 2.05) is 6.20 Å². The minimum absolute atomic E-state index is 0.714. The van der Waals surface area contributed by atoms with E-state index in [4.69, 9.17) is 5.73 Å². The summed E-state index contributed by atoms with van der Waals surface area (Å²) < 4.78 is 0. The number of amidine groups is 1. The lowest BCUT2D eigenvalue weighted by Gasteiger charge is -2.18. The van der Waals surface area contributed by atoms with Crippen LogP contribution in [-0.4, -0.2) is 5.84 Å². The third-order valence-electron chi connectivity index (χ3n) is 3.47. The molecule has 0 bridgehead atoms. The first-order valence-corrected chi connectivity index (χ1v) is 5.96. The van der Waals surface area contributed by atoms with E-state index in [9.17, 15) is 0 Å². The van der Waals surface area contributed by atoms with Gasteiger partial charge in [0.05, 0.1) is 0 Å². The maximum absolute atomic E-state index is 5.82. The minimum atomic E-state index is 0.714. The number of aryl methyl sites for hydroxylation is 2. The van der Waals surface area contributed by atoms with Gasteiger partial charge in [-0.1, -0.05) is 12.1 Å². The lowest BCUT2D eigenvalue weighted by molar-refractivity contribution is 0.684. The van der Waals surface area contributed by atoms with Gasteiger partial charge in [0, 0.05) is 12.6 Å². The van der Waals surface area contributed by atoms with Gasteiger partial charge in [0.1, 0.15) is 5.84 Å². The second-order valence-corrected chi connectivity index (χ2v) is 4.64. The number of aliphatic imine (C=N–C) groups is 1. The summed E-state index contributed by atoms with van der Waals surface area (Å²) in [6, 6.07) is 4.66. The molecule has 1 aliphatic carbocycles. The lowest BCUT2D eigenvalue weighted by Crippen LogP contribution is -2.15. The molecule has 2 N–H and O–H groups in total. The summed E-state index contributed by atoms with van der Waals surface area (Å²) in [6.45, 7) is 0. The second kappa shape index (κ2) is 3.78. The highest BCUT2D eigenvalue weighted by atomic mass is 14.8. The van der Waals surface area contributed by atoms with Crippen molar-refractivity contribution < 1.29 is 0 Å². The SMILES string of the molecule is NC1=NC=Cc2cc3c(cc2C1)CCCC3. The Hall–Kier alpha value is -1.57. The van der Waals surface area contributed by atoms with Crippen molar-refractivity contribution in [3.8, 4) is 0 Å². The Morgan fingerprint density at radius 1 is 1.00 bits per heavy atom. The van der Waals surface area contributed by atoms with Crippen LogP contribution in [0.3, 0.4) is 0 Å². The van der Waals surface area contributed by atoms with Gasteiger partial charge in [-0.2, -0.15) is 0 Å². The highest BCUT2D eigenvalue weighted by Gasteiger charge is 2.13. The normalized spacial score (nSPS) is 18.4. The number of rotatable bonds is 0. The largest absolute Gasteiger partial charge is 0.387 e. The summed E-state index contributed by atoms with van der Waals surface area (Å²) in [7, 11) is 0.